The van der Waals surface area contributed by atoms with Crippen molar-refractivity contribution in [2.24, 2.45) is 0 Å². The number of fused-ring (bicyclic) bond motifs is 1. The lowest BCUT2D eigenvalue weighted by Crippen LogP contribution is -2.32. The van der Waals surface area contributed by atoms with Crippen molar-refractivity contribution in [1.29, 1.82) is 0 Å². The molecule has 0 saturated heterocycles. The van der Waals surface area contributed by atoms with Gasteiger partial charge in [0.25, 0.3) is 0 Å². The molecule has 2 aromatic heterocycles. The first-order valence-electron chi connectivity index (χ1n) is 11.2. The van der Waals surface area contributed by atoms with Gasteiger partial charge < -0.3 is 4.74 Å². The fraction of sp³-hybridized carbons (Fsp3) is 0.333. The second kappa shape index (κ2) is 9.47. The number of rotatable bonds is 8. The summed E-state index contributed by atoms with van der Waals surface area (Å²) >= 11 is 0. The van der Waals surface area contributed by atoms with E-state index in [1.54, 1.807) is 10.7 Å². The van der Waals surface area contributed by atoms with Gasteiger partial charge in [-0.05, 0) is 64.4 Å². The number of hydrogen-bond donors (Lipinski definition) is 1. The summed E-state index contributed by atoms with van der Waals surface area (Å²) in [7, 11) is -3.72. The van der Waals surface area contributed by atoms with Crippen LogP contribution in [0.25, 0.3) is 28.2 Å². The fourth-order valence-electron chi connectivity index (χ4n) is 3.48. The van der Waals surface area contributed by atoms with Crippen molar-refractivity contribution in [3.8, 4) is 22.8 Å². The van der Waals surface area contributed by atoms with Gasteiger partial charge in [-0.3, -0.25) is 0 Å². The topological polar surface area (TPSA) is 112 Å². The molecule has 0 unspecified atom stereocenters. The van der Waals surface area contributed by atoms with Crippen molar-refractivity contribution >= 4 is 21.2 Å². The van der Waals surface area contributed by atoms with Gasteiger partial charge in [-0.1, -0.05) is 24.6 Å². The van der Waals surface area contributed by atoms with E-state index < -0.39 is 10.0 Å². The number of aryl methyl sites for hydroxylation is 2. The molecule has 2 aromatic carbocycles. The molecule has 4 aromatic rings. The molecule has 0 radical (unpaired) electrons. The summed E-state index contributed by atoms with van der Waals surface area (Å²) in [5.74, 6) is 0.748. The van der Waals surface area contributed by atoms with Crippen LogP contribution in [0.1, 0.15) is 38.4 Å². The third-order valence-electron chi connectivity index (χ3n) is 5.51. The number of sulfonamides is 1. The van der Waals surface area contributed by atoms with Crippen LogP contribution < -0.4 is 9.46 Å². The number of nitrogens with zero attached hydrogens (tertiary/aromatic N) is 5. The SMILES string of the molecule is CCOc1ccc(S(=O)(=O)N[C@H](C)CC)cc1-c1nnc2c(n1)c(C)nn2-c1ccc(C)cc1. The standard InChI is InChI=1S/C24H28N6O3S/c1-6-16(4)29-34(31,32)19-12-13-21(33-7-2)20(14-19)23-25-22-17(5)28-30(24(22)27-26-23)18-10-8-15(3)9-11-18/h8-14,16,29H,6-7H2,1-5H3/t16-/m1/s1. The maximum Gasteiger partial charge on any atom is 0.240 e. The highest BCUT2D eigenvalue weighted by Crippen LogP contribution is 2.31. The predicted octanol–water partition coefficient (Wildman–Crippen LogP) is 3.97. The smallest absolute Gasteiger partial charge is 0.240 e. The minimum atomic E-state index is -3.72. The molecular formula is C24H28N6O3S. The number of hydrogen-bond acceptors (Lipinski definition) is 7. The molecule has 0 bridgehead atoms. The molecule has 0 aliphatic heterocycles. The number of nitrogens with one attached hydrogen (secondary N) is 1. The van der Waals surface area contributed by atoms with Crippen LogP contribution in [0, 0.1) is 13.8 Å². The van der Waals surface area contributed by atoms with Crippen molar-refractivity contribution in [2.45, 2.75) is 52.0 Å². The first-order chi connectivity index (χ1) is 16.2. The summed E-state index contributed by atoms with van der Waals surface area (Å²) in [5.41, 5.74) is 4.23. The van der Waals surface area contributed by atoms with E-state index in [0.717, 1.165) is 11.3 Å². The molecule has 1 atom stereocenters. The fourth-order valence-corrected chi connectivity index (χ4v) is 4.83. The lowest BCUT2D eigenvalue weighted by atomic mass is 10.2. The van der Waals surface area contributed by atoms with Crippen LogP contribution in [0.15, 0.2) is 47.4 Å². The average molecular weight is 481 g/mol. The van der Waals surface area contributed by atoms with E-state index in [-0.39, 0.29) is 16.8 Å². The minimum Gasteiger partial charge on any atom is -0.493 e. The molecule has 9 nitrogen and oxygen atoms in total. The zero-order chi connectivity index (χ0) is 24.5. The lowest BCUT2D eigenvalue weighted by molar-refractivity contribution is 0.341. The minimum absolute atomic E-state index is 0.113. The van der Waals surface area contributed by atoms with Gasteiger partial charge in [0, 0.05) is 6.04 Å². The number of benzene rings is 2. The highest BCUT2D eigenvalue weighted by molar-refractivity contribution is 7.89. The molecule has 1 N–H and O–H groups in total. The molecule has 0 amide bonds. The van der Waals surface area contributed by atoms with Crippen molar-refractivity contribution in [3.63, 3.8) is 0 Å². The van der Waals surface area contributed by atoms with Gasteiger partial charge in [-0.2, -0.15) is 5.10 Å². The van der Waals surface area contributed by atoms with Gasteiger partial charge in [0.15, 0.2) is 5.82 Å². The molecule has 0 fully saturated rings. The maximum absolute atomic E-state index is 12.9. The molecular weight excluding hydrogens is 452 g/mol. The van der Waals surface area contributed by atoms with Gasteiger partial charge >= 0.3 is 0 Å². The van der Waals surface area contributed by atoms with E-state index in [0.29, 0.717) is 41.2 Å². The van der Waals surface area contributed by atoms with Gasteiger partial charge in [0.2, 0.25) is 15.7 Å². The monoisotopic (exact) mass is 480 g/mol. The number of aromatic nitrogens is 5. The molecule has 4 rings (SSSR count). The first kappa shape index (κ1) is 23.8. The molecule has 2 heterocycles. The Balaban J connectivity index is 1.83. The van der Waals surface area contributed by atoms with Crippen LogP contribution in [0.5, 0.6) is 5.75 Å². The second-order valence-corrected chi connectivity index (χ2v) is 9.88. The summed E-state index contributed by atoms with van der Waals surface area (Å²) in [5, 5.41) is 13.3. The van der Waals surface area contributed by atoms with E-state index in [1.807, 2.05) is 58.9 Å². The van der Waals surface area contributed by atoms with Crippen LogP contribution >= 0.6 is 0 Å². The van der Waals surface area contributed by atoms with E-state index in [1.165, 1.54) is 12.1 Å². The molecule has 0 spiro atoms. The maximum atomic E-state index is 12.9. The normalized spacial score (nSPS) is 12.7. The Bertz CT molecular complexity index is 1430. The lowest BCUT2D eigenvalue weighted by Gasteiger charge is -2.14. The summed E-state index contributed by atoms with van der Waals surface area (Å²) in [6, 6.07) is 12.4. The van der Waals surface area contributed by atoms with Crippen molar-refractivity contribution in [1.82, 2.24) is 29.7 Å². The zero-order valence-electron chi connectivity index (χ0n) is 19.9. The quantitative estimate of drug-likeness (QED) is 0.406. The van der Waals surface area contributed by atoms with Gasteiger partial charge in [-0.15, -0.1) is 10.2 Å². The summed E-state index contributed by atoms with van der Waals surface area (Å²) in [6.07, 6.45) is 0.678. The second-order valence-electron chi connectivity index (χ2n) is 8.16. The Morgan fingerprint density at radius 1 is 1.06 bits per heavy atom. The van der Waals surface area contributed by atoms with Crippen molar-refractivity contribution < 1.29 is 13.2 Å². The summed E-state index contributed by atoms with van der Waals surface area (Å²) in [4.78, 5) is 4.81. The van der Waals surface area contributed by atoms with Crippen LogP contribution in [0.2, 0.25) is 0 Å². The van der Waals surface area contributed by atoms with Crippen LogP contribution in [0.4, 0.5) is 0 Å². The van der Waals surface area contributed by atoms with Crippen LogP contribution in [0.3, 0.4) is 0 Å². The third-order valence-corrected chi connectivity index (χ3v) is 7.10. The highest BCUT2D eigenvalue weighted by Gasteiger charge is 2.22. The Morgan fingerprint density at radius 3 is 2.47 bits per heavy atom. The predicted molar refractivity (Wildman–Crippen MR) is 131 cm³/mol. The first-order valence-corrected chi connectivity index (χ1v) is 12.7. The zero-order valence-corrected chi connectivity index (χ0v) is 20.7. The molecule has 178 valence electrons. The van der Waals surface area contributed by atoms with E-state index in [2.05, 4.69) is 20.0 Å². The Hall–Kier alpha value is -3.37. The van der Waals surface area contributed by atoms with Crippen molar-refractivity contribution in [2.75, 3.05) is 6.61 Å². The van der Waals surface area contributed by atoms with E-state index in [9.17, 15) is 8.42 Å². The van der Waals surface area contributed by atoms with Crippen molar-refractivity contribution in [3.05, 3.63) is 53.7 Å². The summed E-state index contributed by atoms with van der Waals surface area (Å²) < 4.78 is 35.9. The van der Waals surface area contributed by atoms with Gasteiger partial charge in [0.1, 0.15) is 11.3 Å². The highest BCUT2D eigenvalue weighted by atomic mass is 32.2. The largest absolute Gasteiger partial charge is 0.493 e. The summed E-state index contributed by atoms with van der Waals surface area (Å²) in [6.45, 7) is 9.88. The van der Waals surface area contributed by atoms with Crippen LogP contribution in [-0.4, -0.2) is 46.0 Å². The molecule has 34 heavy (non-hydrogen) atoms. The van der Waals surface area contributed by atoms with Crippen LogP contribution in [-0.2, 0) is 10.0 Å². The van der Waals surface area contributed by atoms with E-state index in [4.69, 9.17) is 9.72 Å². The Labute approximate surface area is 199 Å². The number of ether oxygens (including phenoxy) is 1. The molecule has 0 aliphatic carbocycles. The Morgan fingerprint density at radius 2 is 1.79 bits per heavy atom. The molecule has 10 heteroatoms. The average Bonchev–Trinajstić information content (AvgIpc) is 3.15. The van der Waals surface area contributed by atoms with Gasteiger partial charge in [-0.25, -0.2) is 22.8 Å². The van der Waals surface area contributed by atoms with Gasteiger partial charge in [0.05, 0.1) is 28.4 Å². The third kappa shape index (κ3) is 4.64. The molecule has 0 saturated carbocycles. The Kier molecular flexibility index (Phi) is 6.63. The molecule has 0 aliphatic rings. The van der Waals surface area contributed by atoms with E-state index >= 15 is 0 Å².